The highest BCUT2D eigenvalue weighted by Gasteiger charge is 2.07. The van der Waals surface area contributed by atoms with E-state index < -0.39 is 5.97 Å². The van der Waals surface area contributed by atoms with Crippen LogP contribution < -0.4 is 4.74 Å². The van der Waals surface area contributed by atoms with Gasteiger partial charge in [0.2, 0.25) is 0 Å². The summed E-state index contributed by atoms with van der Waals surface area (Å²) >= 11 is 0. The van der Waals surface area contributed by atoms with Crippen LogP contribution in [-0.2, 0) is 20.7 Å². The second-order valence-corrected chi connectivity index (χ2v) is 7.63. The summed E-state index contributed by atoms with van der Waals surface area (Å²) in [6, 6.07) is 23.9. The summed E-state index contributed by atoms with van der Waals surface area (Å²) in [6.07, 6.45) is 0.663. The van der Waals surface area contributed by atoms with Crippen molar-refractivity contribution in [3.63, 3.8) is 0 Å². The Morgan fingerprint density at radius 2 is 1.06 bits per heavy atom. The molecule has 0 N–H and O–H groups in total. The summed E-state index contributed by atoms with van der Waals surface area (Å²) in [5.41, 5.74) is 6.21. The molecule has 0 aliphatic heterocycles. The highest BCUT2D eigenvalue weighted by molar-refractivity contribution is 5.89. The van der Waals surface area contributed by atoms with Crippen LogP contribution in [0.25, 0.3) is 22.3 Å². The molecular formula is C28H26O4. The van der Waals surface area contributed by atoms with Crippen LogP contribution in [-0.4, -0.2) is 18.5 Å². The smallest absolute Gasteiger partial charge is 0.338 e. The molecule has 0 unspecified atom stereocenters. The Kier molecular flexibility index (Phi) is 7.40. The van der Waals surface area contributed by atoms with E-state index in [4.69, 9.17) is 9.47 Å². The minimum Gasteiger partial charge on any atom is -0.462 e. The second-order valence-electron chi connectivity index (χ2n) is 7.63. The van der Waals surface area contributed by atoms with Gasteiger partial charge in [-0.05, 0) is 53.8 Å². The van der Waals surface area contributed by atoms with E-state index in [1.54, 1.807) is 26.0 Å². The maximum Gasteiger partial charge on any atom is 0.338 e. The molecule has 4 heteroatoms. The van der Waals surface area contributed by atoms with Crippen molar-refractivity contribution in [2.24, 2.45) is 0 Å². The predicted octanol–water partition coefficient (Wildman–Crippen LogP) is 6.16. The molecule has 162 valence electrons. The fraction of sp³-hybridized carbons (Fsp3) is 0.143. The largest absolute Gasteiger partial charge is 0.462 e. The van der Waals surface area contributed by atoms with Gasteiger partial charge in [0.15, 0.2) is 0 Å². The van der Waals surface area contributed by atoms with Crippen molar-refractivity contribution < 1.29 is 19.1 Å². The molecule has 3 rings (SSSR count). The van der Waals surface area contributed by atoms with Crippen LogP contribution in [0, 0.1) is 0 Å². The Morgan fingerprint density at radius 1 is 0.656 bits per heavy atom. The zero-order chi connectivity index (χ0) is 23.1. The summed E-state index contributed by atoms with van der Waals surface area (Å²) in [5, 5.41) is 0. The van der Waals surface area contributed by atoms with Gasteiger partial charge in [-0.25, -0.2) is 9.59 Å². The van der Waals surface area contributed by atoms with Crippen molar-refractivity contribution in [3.05, 3.63) is 103 Å². The van der Waals surface area contributed by atoms with E-state index in [0.717, 1.165) is 27.8 Å². The first kappa shape index (κ1) is 22.8. The van der Waals surface area contributed by atoms with Gasteiger partial charge in [0.1, 0.15) is 5.75 Å². The lowest BCUT2D eigenvalue weighted by atomic mass is 9.99. The molecule has 0 atom stereocenters. The lowest BCUT2D eigenvalue weighted by molar-refractivity contribution is -0.138. The summed E-state index contributed by atoms with van der Waals surface area (Å²) in [5.74, 6) is -0.293. The first-order valence-electron chi connectivity index (χ1n) is 10.3. The SMILES string of the molecule is C=C(C)C(=O)OCCc1ccc(-c2ccc(-c3ccc(OC(=O)C(=C)C)cc3)cc2)cc1. The summed E-state index contributed by atoms with van der Waals surface area (Å²) in [4.78, 5) is 23.1. The first-order chi connectivity index (χ1) is 15.3. The number of hydrogen-bond acceptors (Lipinski definition) is 4. The Morgan fingerprint density at radius 3 is 1.50 bits per heavy atom. The maximum absolute atomic E-state index is 11.6. The molecule has 0 aliphatic carbocycles. The lowest BCUT2D eigenvalue weighted by Gasteiger charge is -2.08. The van der Waals surface area contributed by atoms with Gasteiger partial charge in [-0.15, -0.1) is 0 Å². The summed E-state index contributed by atoms with van der Waals surface area (Å²) in [6.45, 7) is 10.8. The molecule has 0 aromatic heterocycles. The molecule has 0 saturated heterocycles. The highest BCUT2D eigenvalue weighted by Crippen LogP contribution is 2.27. The van der Waals surface area contributed by atoms with E-state index in [9.17, 15) is 9.59 Å². The third-order valence-corrected chi connectivity index (χ3v) is 4.89. The second kappa shape index (κ2) is 10.4. The van der Waals surface area contributed by atoms with Crippen LogP contribution in [0.5, 0.6) is 5.75 Å². The van der Waals surface area contributed by atoms with Gasteiger partial charge < -0.3 is 9.47 Å². The van der Waals surface area contributed by atoms with Crippen molar-refractivity contribution >= 4 is 11.9 Å². The molecule has 32 heavy (non-hydrogen) atoms. The van der Waals surface area contributed by atoms with Gasteiger partial charge in [0.05, 0.1) is 6.61 Å². The van der Waals surface area contributed by atoms with Crippen molar-refractivity contribution in [1.29, 1.82) is 0 Å². The highest BCUT2D eigenvalue weighted by atomic mass is 16.5. The summed E-state index contributed by atoms with van der Waals surface area (Å²) < 4.78 is 10.4. The molecular weight excluding hydrogens is 400 g/mol. The number of carbonyl (C=O) groups excluding carboxylic acids is 2. The van der Waals surface area contributed by atoms with Crippen LogP contribution in [0.2, 0.25) is 0 Å². The molecule has 0 radical (unpaired) electrons. The summed E-state index contributed by atoms with van der Waals surface area (Å²) in [7, 11) is 0. The lowest BCUT2D eigenvalue weighted by Crippen LogP contribution is -2.07. The van der Waals surface area contributed by atoms with Crippen molar-refractivity contribution in [2.45, 2.75) is 20.3 Å². The van der Waals surface area contributed by atoms with Gasteiger partial charge in [0, 0.05) is 17.6 Å². The maximum atomic E-state index is 11.6. The molecule has 0 amide bonds. The third kappa shape index (κ3) is 6.05. The molecule has 3 aromatic carbocycles. The average Bonchev–Trinajstić information content (AvgIpc) is 2.80. The van der Waals surface area contributed by atoms with Crippen LogP contribution in [0.4, 0.5) is 0 Å². The van der Waals surface area contributed by atoms with E-state index >= 15 is 0 Å². The fourth-order valence-electron chi connectivity index (χ4n) is 3.01. The quantitative estimate of drug-likeness (QED) is 0.246. The molecule has 0 fully saturated rings. The van der Waals surface area contributed by atoms with Crippen LogP contribution in [0.3, 0.4) is 0 Å². The Labute approximate surface area is 188 Å². The normalized spacial score (nSPS) is 10.3. The van der Waals surface area contributed by atoms with Crippen molar-refractivity contribution in [3.8, 4) is 28.0 Å². The molecule has 0 aliphatic rings. The van der Waals surface area contributed by atoms with E-state index in [-0.39, 0.29) is 5.97 Å². The molecule has 0 heterocycles. The number of rotatable bonds is 8. The van der Waals surface area contributed by atoms with Crippen molar-refractivity contribution in [1.82, 2.24) is 0 Å². The molecule has 0 bridgehead atoms. The van der Waals surface area contributed by atoms with E-state index in [0.29, 0.717) is 29.9 Å². The molecule has 4 nitrogen and oxygen atoms in total. The van der Waals surface area contributed by atoms with E-state index in [2.05, 4.69) is 49.6 Å². The van der Waals surface area contributed by atoms with Gasteiger partial charge in [0.25, 0.3) is 0 Å². The fourth-order valence-corrected chi connectivity index (χ4v) is 3.01. The van der Waals surface area contributed by atoms with Gasteiger partial charge >= 0.3 is 11.9 Å². The Bertz CT molecular complexity index is 1120. The third-order valence-electron chi connectivity index (χ3n) is 4.89. The number of hydrogen-bond donors (Lipinski definition) is 0. The zero-order valence-corrected chi connectivity index (χ0v) is 18.4. The van der Waals surface area contributed by atoms with E-state index in [1.807, 2.05) is 24.3 Å². The van der Waals surface area contributed by atoms with Crippen LogP contribution in [0.15, 0.2) is 97.1 Å². The number of carbonyl (C=O) groups is 2. The minimum atomic E-state index is -0.430. The van der Waals surface area contributed by atoms with Crippen molar-refractivity contribution in [2.75, 3.05) is 6.61 Å². The monoisotopic (exact) mass is 426 g/mol. The Balaban J connectivity index is 1.61. The molecule has 3 aromatic rings. The standard InChI is InChI=1S/C28H26O4/c1-19(2)27(29)31-18-17-21-5-7-22(8-6-21)23-9-11-24(12-10-23)25-13-15-26(16-14-25)32-28(30)20(3)4/h5-16H,1,3,17-18H2,2,4H3. The molecule has 0 saturated carbocycles. The number of ether oxygens (including phenoxy) is 2. The van der Waals surface area contributed by atoms with Gasteiger partial charge in [-0.2, -0.15) is 0 Å². The predicted molar refractivity (Wildman–Crippen MR) is 127 cm³/mol. The first-order valence-corrected chi connectivity index (χ1v) is 10.3. The van der Waals surface area contributed by atoms with Gasteiger partial charge in [-0.3, -0.25) is 0 Å². The zero-order valence-electron chi connectivity index (χ0n) is 18.4. The van der Waals surface area contributed by atoms with Crippen LogP contribution in [0.1, 0.15) is 19.4 Å². The molecule has 0 spiro atoms. The number of benzene rings is 3. The van der Waals surface area contributed by atoms with E-state index in [1.165, 1.54) is 0 Å². The Hall–Kier alpha value is -3.92. The van der Waals surface area contributed by atoms with Crippen LogP contribution >= 0.6 is 0 Å². The average molecular weight is 427 g/mol. The number of esters is 2. The topological polar surface area (TPSA) is 52.6 Å². The minimum absolute atomic E-state index is 0.338. The van der Waals surface area contributed by atoms with Gasteiger partial charge in [-0.1, -0.05) is 73.8 Å².